The Morgan fingerprint density at radius 2 is 2.05 bits per heavy atom. The first-order chi connectivity index (χ1) is 10.2. The summed E-state index contributed by atoms with van der Waals surface area (Å²) in [5, 5.41) is 14.7. The van der Waals surface area contributed by atoms with Crippen molar-refractivity contribution in [2.75, 3.05) is 12.4 Å². The number of fused-ring (bicyclic) bond motifs is 1. The van der Waals surface area contributed by atoms with Crippen molar-refractivity contribution in [1.29, 1.82) is 5.26 Å². The first-order valence-corrected chi connectivity index (χ1v) is 6.51. The molecular formula is C16H13N3O2. The molecule has 21 heavy (non-hydrogen) atoms. The fraction of sp³-hybridized carbons (Fsp3) is 0.125. The molecule has 1 aliphatic heterocycles. The highest BCUT2D eigenvalue weighted by Gasteiger charge is 2.29. The molecule has 104 valence electrons. The van der Waals surface area contributed by atoms with Crippen LogP contribution in [-0.2, 0) is 4.79 Å². The molecule has 0 aliphatic carbocycles. The lowest BCUT2D eigenvalue weighted by molar-refractivity contribution is -0.117. The van der Waals surface area contributed by atoms with Gasteiger partial charge in [-0.25, -0.2) is 0 Å². The molecule has 0 saturated carbocycles. The molecule has 1 amide bonds. The number of rotatable bonds is 3. The Morgan fingerprint density at radius 3 is 2.81 bits per heavy atom. The lowest BCUT2D eigenvalue weighted by atomic mass is 10.1. The molecule has 3 rings (SSSR count). The van der Waals surface area contributed by atoms with Crippen molar-refractivity contribution in [2.24, 2.45) is 0 Å². The maximum atomic E-state index is 11.8. The average Bonchev–Trinajstić information content (AvgIpc) is 2.81. The van der Waals surface area contributed by atoms with E-state index in [0.29, 0.717) is 17.1 Å². The summed E-state index contributed by atoms with van der Waals surface area (Å²) in [5.74, 6) is 1.13. The summed E-state index contributed by atoms with van der Waals surface area (Å²) < 4.78 is 5.73. The standard InChI is InChI=1S/C16H13N3O2/c1-18-15-13-6-5-12(8-14(13)19-16(15)20)21-11-4-2-3-10(7-11)9-17/h2-8,15,18H,1H3,(H,19,20). The first kappa shape index (κ1) is 13.2. The molecule has 2 aromatic rings. The normalized spacial score (nSPS) is 16.0. The summed E-state index contributed by atoms with van der Waals surface area (Å²) >= 11 is 0. The van der Waals surface area contributed by atoms with Crippen molar-refractivity contribution in [3.8, 4) is 17.6 Å². The van der Waals surface area contributed by atoms with Crippen molar-refractivity contribution in [2.45, 2.75) is 6.04 Å². The van der Waals surface area contributed by atoms with Gasteiger partial charge in [0.15, 0.2) is 0 Å². The molecule has 0 fully saturated rings. The van der Waals surface area contributed by atoms with Gasteiger partial charge >= 0.3 is 0 Å². The zero-order chi connectivity index (χ0) is 14.8. The number of nitrogens with one attached hydrogen (secondary N) is 2. The maximum absolute atomic E-state index is 11.8. The monoisotopic (exact) mass is 279 g/mol. The Morgan fingerprint density at radius 1 is 1.24 bits per heavy atom. The van der Waals surface area contributed by atoms with E-state index in [1.807, 2.05) is 12.1 Å². The minimum absolute atomic E-state index is 0.0730. The third-order valence-corrected chi connectivity index (χ3v) is 3.34. The van der Waals surface area contributed by atoms with Crippen molar-refractivity contribution in [3.63, 3.8) is 0 Å². The van der Waals surface area contributed by atoms with Gasteiger partial charge in [0.2, 0.25) is 5.91 Å². The molecule has 1 heterocycles. The summed E-state index contributed by atoms with van der Waals surface area (Å²) in [4.78, 5) is 11.8. The summed E-state index contributed by atoms with van der Waals surface area (Å²) in [5.41, 5.74) is 2.19. The van der Waals surface area contributed by atoms with E-state index in [2.05, 4.69) is 16.7 Å². The van der Waals surface area contributed by atoms with Crippen LogP contribution in [0.4, 0.5) is 5.69 Å². The smallest absolute Gasteiger partial charge is 0.246 e. The van der Waals surface area contributed by atoms with Crippen LogP contribution in [0.1, 0.15) is 17.2 Å². The van der Waals surface area contributed by atoms with Gasteiger partial charge in [-0.15, -0.1) is 0 Å². The van der Waals surface area contributed by atoms with E-state index in [1.165, 1.54) is 0 Å². The largest absolute Gasteiger partial charge is 0.457 e. The number of hydrogen-bond acceptors (Lipinski definition) is 4. The highest BCUT2D eigenvalue weighted by atomic mass is 16.5. The van der Waals surface area contributed by atoms with E-state index >= 15 is 0 Å². The SMILES string of the molecule is CNC1C(=O)Nc2cc(Oc3cccc(C#N)c3)ccc21. The number of carbonyl (C=O) groups excluding carboxylic acids is 1. The quantitative estimate of drug-likeness (QED) is 0.905. The number of amides is 1. The zero-order valence-electron chi connectivity index (χ0n) is 11.4. The molecule has 5 heteroatoms. The topological polar surface area (TPSA) is 74.2 Å². The molecule has 2 N–H and O–H groups in total. The second-order valence-electron chi connectivity index (χ2n) is 4.70. The summed E-state index contributed by atoms with van der Waals surface area (Å²) in [6, 6.07) is 14.1. The molecular weight excluding hydrogens is 266 g/mol. The number of carbonyl (C=O) groups is 1. The number of hydrogen-bond donors (Lipinski definition) is 2. The molecule has 2 aromatic carbocycles. The zero-order valence-corrected chi connectivity index (χ0v) is 11.4. The van der Waals surface area contributed by atoms with Gasteiger partial charge in [0, 0.05) is 17.3 Å². The van der Waals surface area contributed by atoms with Gasteiger partial charge in [0.05, 0.1) is 11.6 Å². The number of nitrogens with zero attached hydrogens (tertiary/aromatic N) is 1. The van der Waals surface area contributed by atoms with Crippen LogP contribution in [0.2, 0.25) is 0 Å². The fourth-order valence-electron chi connectivity index (χ4n) is 2.36. The molecule has 0 radical (unpaired) electrons. The Bertz CT molecular complexity index is 749. The molecule has 1 atom stereocenters. The van der Waals surface area contributed by atoms with Crippen LogP contribution < -0.4 is 15.4 Å². The van der Waals surface area contributed by atoms with E-state index in [9.17, 15) is 4.79 Å². The average molecular weight is 279 g/mol. The Labute approximate surface area is 122 Å². The summed E-state index contributed by atoms with van der Waals surface area (Å²) in [7, 11) is 1.75. The molecule has 5 nitrogen and oxygen atoms in total. The van der Waals surface area contributed by atoms with Gasteiger partial charge in [-0.3, -0.25) is 4.79 Å². The number of benzene rings is 2. The molecule has 1 aliphatic rings. The first-order valence-electron chi connectivity index (χ1n) is 6.51. The lowest BCUT2D eigenvalue weighted by Gasteiger charge is -2.09. The van der Waals surface area contributed by atoms with Crippen LogP contribution in [0, 0.1) is 11.3 Å². The number of ether oxygens (including phenoxy) is 1. The van der Waals surface area contributed by atoms with Crippen LogP contribution in [0.3, 0.4) is 0 Å². The van der Waals surface area contributed by atoms with Crippen LogP contribution >= 0.6 is 0 Å². The molecule has 0 aromatic heterocycles. The third-order valence-electron chi connectivity index (χ3n) is 3.34. The third kappa shape index (κ3) is 2.45. The highest BCUT2D eigenvalue weighted by Crippen LogP contribution is 2.34. The van der Waals surface area contributed by atoms with Gasteiger partial charge in [-0.05, 0) is 31.3 Å². The highest BCUT2D eigenvalue weighted by molar-refractivity contribution is 6.02. The van der Waals surface area contributed by atoms with Gasteiger partial charge in [-0.1, -0.05) is 12.1 Å². The summed E-state index contributed by atoms with van der Waals surface area (Å²) in [6.07, 6.45) is 0. The second kappa shape index (κ2) is 5.27. The van der Waals surface area contributed by atoms with Crippen molar-refractivity contribution < 1.29 is 9.53 Å². The van der Waals surface area contributed by atoms with E-state index in [4.69, 9.17) is 10.00 Å². The predicted molar refractivity (Wildman–Crippen MR) is 78.1 cm³/mol. The molecule has 0 bridgehead atoms. The molecule has 0 saturated heterocycles. The second-order valence-corrected chi connectivity index (χ2v) is 4.70. The Kier molecular flexibility index (Phi) is 3.30. The molecule has 1 unspecified atom stereocenters. The lowest BCUT2D eigenvalue weighted by Crippen LogP contribution is -2.23. The Balaban J connectivity index is 1.87. The van der Waals surface area contributed by atoms with E-state index < -0.39 is 0 Å². The maximum Gasteiger partial charge on any atom is 0.246 e. The van der Waals surface area contributed by atoms with Gasteiger partial charge in [-0.2, -0.15) is 5.26 Å². The number of likely N-dealkylation sites (N-methyl/N-ethyl adjacent to an activating group) is 1. The van der Waals surface area contributed by atoms with Crippen molar-refractivity contribution in [3.05, 3.63) is 53.6 Å². The fourth-order valence-corrected chi connectivity index (χ4v) is 2.36. The van der Waals surface area contributed by atoms with Crippen LogP contribution in [-0.4, -0.2) is 13.0 Å². The van der Waals surface area contributed by atoms with E-state index in [0.717, 1.165) is 11.3 Å². The summed E-state index contributed by atoms with van der Waals surface area (Å²) in [6.45, 7) is 0. The number of nitriles is 1. The van der Waals surface area contributed by atoms with Crippen LogP contribution in [0.15, 0.2) is 42.5 Å². The van der Waals surface area contributed by atoms with Crippen molar-refractivity contribution >= 4 is 11.6 Å². The van der Waals surface area contributed by atoms with E-state index in [1.54, 1.807) is 37.4 Å². The molecule has 0 spiro atoms. The van der Waals surface area contributed by atoms with Crippen LogP contribution in [0.5, 0.6) is 11.5 Å². The van der Waals surface area contributed by atoms with E-state index in [-0.39, 0.29) is 11.9 Å². The predicted octanol–water partition coefficient (Wildman–Crippen LogP) is 2.56. The van der Waals surface area contributed by atoms with Gasteiger partial charge in [0.1, 0.15) is 17.5 Å². The van der Waals surface area contributed by atoms with Crippen molar-refractivity contribution in [1.82, 2.24) is 5.32 Å². The van der Waals surface area contributed by atoms with Gasteiger partial charge in [0.25, 0.3) is 0 Å². The minimum Gasteiger partial charge on any atom is -0.457 e. The number of anilines is 1. The van der Waals surface area contributed by atoms with Gasteiger partial charge < -0.3 is 15.4 Å². The van der Waals surface area contributed by atoms with Crippen LogP contribution in [0.25, 0.3) is 0 Å². The Hall–Kier alpha value is -2.84. The minimum atomic E-state index is -0.323.